The van der Waals surface area contributed by atoms with Crippen LogP contribution in [0.3, 0.4) is 0 Å². The van der Waals surface area contributed by atoms with Gasteiger partial charge in [-0.15, -0.1) is 0 Å². The molecular formula is C29H41ClN4O3. The Kier molecular flexibility index (Phi) is 8.86. The van der Waals surface area contributed by atoms with Crippen molar-refractivity contribution in [1.29, 1.82) is 0 Å². The molecule has 2 aromatic rings. The van der Waals surface area contributed by atoms with Crippen LogP contribution in [0.1, 0.15) is 78.2 Å². The summed E-state index contributed by atoms with van der Waals surface area (Å²) in [6.07, 6.45) is 8.24. The van der Waals surface area contributed by atoms with E-state index in [2.05, 4.69) is 41.1 Å². The predicted molar refractivity (Wildman–Crippen MR) is 150 cm³/mol. The van der Waals surface area contributed by atoms with E-state index in [0.29, 0.717) is 34.1 Å². The summed E-state index contributed by atoms with van der Waals surface area (Å²) in [6, 6.07) is 4.75. The highest BCUT2D eigenvalue weighted by atomic mass is 35.5. The molecule has 4 rings (SSSR count). The van der Waals surface area contributed by atoms with Crippen LogP contribution in [0, 0.1) is 6.92 Å². The van der Waals surface area contributed by atoms with Crippen molar-refractivity contribution in [1.82, 2.24) is 15.2 Å². The minimum atomic E-state index is -0.243. The van der Waals surface area contributed by atoms with Crippen molar-refractivity contribution in [2.45, 2.75) is 83.8 Å². The first kappa shape index (κ1) is 27.5. The number of ether oxygens (including phenoxy) is 1. The summed E-state index contributed by atoms with van der Waals surface area (Å²) < 4.78 is 5.49. The molecule has 2 aliphatic carbocycles. The first-order chi connectivity index (χ1) is 17.7. The third-order valence-electron chi connectivity index (χ3n) is 8.26. The number of aromatic nitrogens is 1. The summed E-state index contributed by atoms with van der Waals surface area (Å²) in [5, 5.41) is 3.50. The molecule has 7 nitrogen and oxygen atoms in total. The zero-order chi connectivity index (χ0) is 26.7. The maximum Gasteiger partial charge on any atom is 0.251 e. The molecule has 1 fully saturated rings. The second-order valence-corrected chi connectivity index (χ2v) is 11.1. The van der Waals surface area contributed by atoms with Crippen LogP contribution in [0.15, 0.2) is 16.9 Å². The van der Waals surface area contributed by atoms with Crippen LogP contribution in [0.2, 0.25) is 5.02 Å². The normalized spacial score (nSPS) is 19.4. The molecule has 0 radical (unpaired) electrons. The summed E-state index contributed by atoms with van der Waals surface area (Å²) in [7, 11) is 5.86. The highest BCUT2D eigenvalue weighted by Gasteiger charge is 2.28. The fraction of sp³-hybridized carbons (Fsp3) is 0.586. The van der Waals surface area contributed by atoms with Crippen molar-refractivity contribution in [3.8, 4) is 5.88 Å². The molecule has 8 heteroatoms. The number of H-pyrrole nitrogens is 1. The lowest BCUT2D eigenvalue weighted by Crippen LogP contribution is -2.42. The molecule has 0 spiro atoms. The summed E-state index contributed by atoms with van der Waals surface area (Å²) in [6.45, 7) is 5.09. The second-order valence-electron chi connectivity index (χ2n) is 10.6. The van der Waals surface area contributed by atoms with E-state index < -0.39 is 0 Å². The van der Waals surface area contributed by atoms with Gasteiger partial charge >= 0.3 is 0 Å². The van der Waals surface area contributed by atoms with E-state index in [1.807, 2.05) is 13.0 Å². The first-order valence-electron chi connectivity index (χ1n) is 13.6. The number of nitrogens with one attached hydrogen (secondary N) is 2. The Balaban J connectivity index is 1.55. The van der Waals surface area contributed by atoms with E-state index in [4.69, 9.17) is 16.3 Å². The number of halogens is 1. The second kappa shape index (κ2) is 11.9. The Morgan fingerprint density at radius 1 is 1.14 bits per heavy atom. The fourth-order valence-electron chi connectivity index (χ4n) is 6.10. The molecule has 0 aliphatic heterocycles. The molecule has 1 heterocycles. The number of aromatic amines is 1. The van der Waals surface area contributed by atoms with Crippen molar-refractivity contribution in [3.63, 3.8) is 0 Å². The Bertz CT molecular complexity index is 1180. The monoisotopic (exact) mass is 528 g/mol. The summed E-state index contributed by atoms with van der Waals surface area (Å²) in [4.78, 5) is 34.6. The first-order valence-corrected chi connectivity index (χ1v) is 13.9. The van der Waals surface area contributed by atoms with Crippen LogP contribution in [-0.4, -0.2) is 55.6 Å². The van der Waals surface area contributed by atoms with Gasteiger partial charge in [-0.25, -0.2) is 0 Å². The molecule has 202 valence electrons. The van der Waals surface area contributed by atoms with Crippen LogP contribution in [0.25, 0.3) is 0 Å². The largest absolute Gasteiger partial charge is 0.482 e. The van der Waals surface area contributed by atoms with Gasteiger partial charge in [0.25, 0.3) is 5.91 Å². The number of carbonyl (C=O) groups is 1. The number of fused-ring (bicyclic) bond motifs is 1. The van der Waals surface area contributed by atoms with Crippen molar-refractivity contribution in [2.24, 2.45) is 0 Å². The molecule has 1 aromatic heterocycles. The minimum absolute atomic E-state index is 0.0282. The number of amides is 1. The van der Waals surface area contributed by atoms with E-state index in [1.165, 1.54) is 0 Å². The van der Waals surface area contributed by atoms with Crippen LogP contribution < -0.4 is 20.4 Å². The predicted octanol–water partition coefficient (Wildman–Crippen LogP) is 4.85. The van der Waals surface area contributed by atoms with Gasteiger partial charge in [-0.1, -0.05) is 11.6 Å². The van der Waals surface area contributed by atoms with E-state index >= 15 is 0 Å². The molecule has 37 heavy (non-hydrogen) atoms. The molecular weight excluding hydrogens is 488 g/mol. The number of rotatable bonds is 8. The van der Waals surface area contributed by atoms with Gasteiger partial charge in [0.2, 0.25) is 0 Å². The van der Waals surface area contributed by atoms with Crippen LogP contribution in [0.5, 0.6) is 5.88 Å². The SMILES string of the molecule is CCN(c1cc(Cl)cc(C(=O)NCc2c(OC)[nH]c3c(c2=O)CCCC3)c1C)[C@H]1CC[C@H](N(C)C)CC1. The van der Waals surface area contributed by atoms with Gasteiger partial charge in [0.05, 0.1) is 19.2 Å². The number of methoxy groups -OCH3 is 1. The van der Waals surface area contributed by atoms with Crippen LogP contribution >= 0.6 is 11.6 Å². The molecule has 0 atom stereocenters. The number of nitrogens with zero attached hydrogens (tertiary/aromatic N) is 2. The average Bonchev–Trinajstić information content (AvgIpc) is 2.90. The maximum absolute atomic E-state index is 13.4. The lowest BCUT2D eigenvalue weighted by atomic mass is 9.89. The molecule has 1 saturated carbocycles. The number of aryl methyl sites for hydroxylation is 1. The standard InChI is InChI=1S/C29H41ClN4O3/c1-6-34(21-13-11-20(12-14-21)33(3)4)26-16-19(30)15-23(18(26)2)28(36)31-17-24-27(35)22-9-7-8-10-25(22)32-29(24)37-5/h15-16,20-21H,6-14,17H2,1-5H3,(H,31,36)(H,32,35)/t20-,21-. The Morgan fingerprint density at radius 2 is 1.81 bits per heavy atom. The average molecular weight is 529 g/mol. The van der Waals surface area contributed by atoms with E-state index in [9.17, 15) is 9.59 Å². The van der Waals surface area contributed by atoms with E-state index in [0.717, 1.165) is 80.4 Å². The zero-order valence-electron chi connectivity index (χ0n) is 22.9. The number of pyridine rings is 1. The summed E-state index contributed by atoms with van der Waals surface area (Å²) in [5.74, 6) is 0.188. The highest BCUT2D eigenvalue weighted by molar-refractivity contribution is 6.31. The lowest BCUT2D eigenvalue weighted by molar-refractivity contribution is 0.0950. The van der Waals surface area contributed by atoms with Crippen LogP contribution in [0.4, 0.5) is 5.69 Å². The van der Waals surface area contributed by atoms with Crippen molar-refractivity contribution >= 4 is 23.2 Å². The van der Waals surface area contributed by atoms with Gasteiger partial charge in [0.1, 0.15) is 0 Å². The maximum atomic E-state index is 13.4. The topological polar surface area (TPSA) is 77.7 Å². The minimum Gasteiger partial charge on any atom is -0.482 e. The number of hydrogen-bond acceptors (Lipinski definition) is 5. The molecule has 1 aromatic carbocycles. The Labute approximate surface area is 225 Å². The van der Waals surface area contributed by atoms with Gasteiger partial charge in [-0.3, -0.25) is 9.59 Å². The van der Waals surface area contributed by atoms with Gasteiger partial charge in [0.15, 0.2) is 11.3 Å². The smallest absolute Gasteiger partial charge is 0.251 e. The molecule has 0 unspecified atom stereocenters. The molecule has 0 bridgehead atoms. The van der Waals surface area contributed by atoms with Gasteiger partial charge in [-0.2, -0.15) is 0 Å². The number of carbonyl (C=O) groups excluding carboxylic acids is 1. The van der Waals surface area contributed by atoms with Gasteiger partial charge in [-0.05, 0) is 97.0 Å². The number of benzene rings is 1. The van der Waals surface area contributed by atoms with E-state index in [1.54, 1.807) is 13.2 Å². The third kappa shape index (κ3) is 5.83. The zero-order valence-corrected chi connectivity index (χ0v) is 23.6. The molecule has 1 amide bonds. The Morgan fingerprint density at radius 3 is 2.46 bits per heavy atom. The third-order valence-corrected chi connectivity index (χ3v) is 8.48. The van der Waals surface area contributed by atoms with Gasteiger partial charge in [0, 0.05) is 46.2 Å². The summed E-state index contributed by atoms with van der Waals surface area (Å²) >= 11 is 6.55. The quantitative estimate of drug-likeness (QED) is 0.512. The fourth-order valence-corrected chi connectivity index (χ4v) is 6.31. The molecule has 2 aliphatic rings. The molecule has 2 N–H and O–H groups in total. The van der Waals surface area contributed by atoms with E-state index in [-0.39, 0.29) is 17.9 Å². The van der Waals surface area contributed by atoms with Crippen molar-refractivity contribution in [3.05, 3.63) is 55.3 Å². The summed E-state index contributed by atoms with van der Waals surface area (Å²) in [5.41, 5.74) is 4.67. The Hall–Kier alpha value is -2.51. The van der Waals surface area contributed by atoms with Crippen molar-refractivity contribution < 1.29 is 9.53 Å². The lowest BCUT2D eigenvalue weighted by Gasteiger charge is -2.40. The molecule has 0 saturated heterocycles. The van der Waals surface area contributed by atoms with Gasteiger partial charge < -0.3 is 24.8 Å². The number of anilines is 1. The van der Waals surface area contributed by atoms with Crippen LogP contribution in [-0.2, 0) is 19.4 Å². The number of hydrogen-bond donors (Lipinski definition) is 2. The highest BCUT2D eigenvalue weighted by Crippen LogP contribution is 2.34. The van der Waals surface area contributed by atoms with Crippen molar-refractivity contribution in [2.75, 3.05) is 32.6 Å².